The monoisotopic (exact) mass is 155 g/mol. The highest BCUT2D eigenvalue weighted by atomic mass is 16.5. The van der Waals surface area contributed by atoms with E-state index < -0.39 is 0 Å². The van der Waals surface area contributed by atoms with Crippen LogP contribution in [0.25, 0.3) is 0 Å². The summed E-state index contributed by atoms with van der Waals surface area (Å²) in [6.07, 6.45) is 0. The zero-order valence-corrected chi connectivity index (χ0v) is 7.68. The topological polar surface area (TPSA) is 12.5 Å². The van der Waals surface area contributed by atoms with Crippen molar-refractivity contribution in [1.29, 1.82) is 0 Å². The molecule has 2 heteroatoms. The number of nitrogens with zero attached hydrogens (tertiary/aromatic N) is 1. The summed E-state index contributed by atoms with van der Waals surface area (Å²) in [5.41, 5.74) is 1.30. The highest BCUT2D eigenvalue weighted by Gasteiger charge is 2.24. The van der Waals surface area contributed by atoms with E-state index in [1.54, 1.807) is 0 Å². The molecule has 1 aliphatic heterocycles. The predicted octanol–water partition coefficient (Wildman–Crippen LogP) is 1.63. The summed E-state index contributed by atoms with van der Waals surface area (Å²) in [5, 5.41) is 0. The standard InChI is InChI=1S/C9H17NO/c1-8-7-11-6-5-10(8)9(2,3)4/h1,5-7H2,2-4H3. The maximum absolute atomic E-state index is 5.27. The van der Waals surface area contributed by atoms with E-state index in [-0.39, 0.29) is 5.54 Å². The van der Waals surface area contributed by atoms with Gasteiger partial charge in [0.2, 0.25) is 0 Å². The first kappa shape index (κ1) is 8.60. The number of hydrogen-bond acceptors (Lipinski definition) is 2. The van der Waals surface area contributed by atoms with Crippen LogP contribution >= 0.6 is 0 Å². The van der Waals surface area contributed by atoms with E-state index >= 15 is 0 Å². The lowest BCUT2D eigenvalue weighted by Gasteiger charge is -2.41. The molecule has 0 aromatic heterocycles. The molecule has 0 N–H and O–H groups in total. The van der Waals surface area contributed by atoms with Crippen LogP contribution in [0, 0.1) is 0 Å². The summed E-state index contributed by atoms with van der Waals surface area (Å²) < 4.78 is 5.27. The molecule has 1 heterocycles. The highest BCUT2D eigenvalue weighted by Crippen LogP contribution is 2.20. The third kappa shape index (κ3) is 1.96. The van der Waals surface area contributed by atoms with Crippen molar-refractivity contribution >= 4 is 0 Å². The van der Waals surface area contributed by atoms with Gasteiger partial charge in [-0.25, -0.2) is 0 Å². The van der Waals surface area contributed by atoms with Crippen LogP contribution in [0.3, 0.4) is 0 Å². The molecule has 0 bridgehead atoms. The van der Waals surface area contributed by atoms with Crippen LogP contribution in [0.15, 0.2) is 12.3 Å². The summed E-state index contributed by atoms with van der Waals surface area (Å²) in [4.78, 5) is 2.30. The van der Waals surface area contributed by atoms with Gasteiger partial charge in [-0.05, 0) is 20.8 Å². The maximum Gasteiger partial charge on any atom is 0.0859 e. The molecule has 11 heavy (non-hydrogen) atoms. The Hall–Kier alpha value is -0.500. The summed E-state index contributed by atoms with van der Waals surface area (Å²) in [6, 6.07) is 0. The van der Waals surface area contributed by atoms with E-state index in [2.05, 4.69) is 32.3 Å². The molecule has 1 saturated heterocycles. The molecule has 1 rings (SSSR count). The first-order valence-corrected chi connectivity index (χ1v) is 4.05. The largest absolute Gasteiger partial charge is 0.373 e. The van der Waals surface area contributed by atoms with Crippen molar-refractivity contribution < 1.29 is 4.74 Å². The van der Waals surface area contributed by atoms with Gasteiger partial charge in [0.25, 0.3) is 0 Å². The van der Waals surface area contributed by atoms with Crippen molar-refractivity contribution in [1.82, 2.24) is 4.90 Å². The fourth-order valence-electron chi connectivity index (χ4n) is 1.39. The predicted molar refractivity (Wildman–Crippen MR) is 46.4 cm³/mol. The van der Waals surface area contributed by atoms with Crippen molar-refractivity contribution in [2.75, 3.05) is 19.8 Å². The van der Waals surface area contributed by atoms with Gasteiger partial charge in [-0.1, -0.05) is 6.58 Å². The molecule has 0 amide bonds. The van der Waals surface area contributed by atoms with E-state index in [1.807, 2.05) is 0 Å². The van der Waals surface area contributed by atoms with Gasteiger partial charge in [-0.2, -0.15) is 0 Å². The zero-order valence-electron chi connectivity index (χ0n) is 7.68. The van der Waals surface area contributed by atoms with Gasteiger partial charge < -0.3 is 9.64 Å². The number of morpholine rings is 1. The Kier molecular flexibility index (Phi) is 2.23. The van der Waals surface area contributed by atoms with Gasteiger partial charge in [0.1, 0.15) is 0 Å². The second kappa shape index (κ2) is 2.86. The van der Waals surface area contributed by atoms with Crippen LogP contribution in [0.1, 0.15) is 20.8 Å². The number of ether oxygens (including phenoxy) is 1. The first-order chi connectivity index (χ1) is 5.02. The molecular formula is C9H17NO. The van der Waals surface area contributed by atoms with E-state index in [0.29, 0.717) is 6.61 Å². The van der Waals surface area contributed by atoms with Crippen molar-refractivity contribution in [2.24, 2.45) is 0 Å². The Bertz CT molecular complexity index is 157. The minimum Gasteiger partial charge on any atom is -0.373 e. The van der Waals surface area contributed by atoms with Gasteiger partial charge in [-0.15, -0.1) is 0 Å². The third-order valence-electron chi connectivity index (χ3n) is 1.92. The quantitative estimate of drug-likeness (QED) is 0.527. The number of hydrogen-bond donors (Lipinski definition) is 0. The Balaban J connectivity index is 2.62. The van der Waals surface area contributed by atoms with E-state index in [1.165, 1.54) is 0 Å². The normalized spacial score (nSPS) is 20.6. The Morgan fingerprint density at radius 2 is 2.09 bits per heavy atom. The molecule has 0 aliphatic carbocycles. The third-order valence-corrected chi connectivity index (χ3v) is 1.92. The van der Waals surface area contributed by atoms with Gasteiger partial charge in [0, 0.05) is 17.8 Å². The molecule has 0 radical (unpaired) electrons. The highest BCUT2D eigenvalue weighted by molar-refractivity contribution is 5.01. The van der Waals surface area contributed by atoms with Gasteiger partial charge in [0.05, 0.1) is 13.2 Å². The molecule has 0 aromatic rings. The molecule has 1 fully saturated rings. The minimum atomic E-state index is 0.195. The summed E-state index contributed by atoms with van der Waals surface area (Å²) in [5.74, 6) is 0. The van der Waals surface area contributed by atoms with Crippen LogP contribution < -0.4 is 0 Å². The van der Waals surface area contributed by atoms with Gasteiger partial charge in [-0.3, -0.25) is 0 Å². The fraction of sp³-hybridized carbons (Fsp3) is 0.778. The van der Waals surface area contributed by atoms with Crippen molar-refractivity contribution in [3.8, 4) is 0 Å². The van der Waals surface area contributed by atoms with E-state index in [0.717, 1.165) is 18.8 Å². The summed E-state index contributed by atoms with van der Waals surface area (Å²) >= 11 is 0. The lowest BCUT2D eigenvalue weighted by atomic mass is 10.0. The Labute approximate surface area is 68.8 Å². The average molecular weight is 155 g/mol. The molecule has 0 saturated carbocycles. The SMILES string of the molecule is C=C1COCCN1C(C)(C)C. The van der Waals surface area contributed by atoms with Crippen molar-refractivity contribution in [3.05, 3.63) is 12.3 Å². The molecule has 0 spiro atoms. The van der Waals surface area contributed by atoms with E-state index in [9.17, 15) is 0 Å². The van der Waals surface area contributed by atoms with Gasteiger partial charge >= 0.3 is 0 Å². The Morgan fingerprint density at radius 1 is 1.45 bits per heavy atom. The molecule has 64 valence electrons. The van der Waals surface area contributed by atoms with Crippen LogP contribution in [0.4, 0.5) is 0 Å². The summed E-state index contributed by atoms with van der Waals surface area (Å²) in [6.45, 7) is 13.1. The lowest BCUT2D eigenvalue weighted by molar-refractivity contribution is 0.0345. The second-order valence-corrected chi connectivity index (χ2v) is 3.94. The van der Waals surface area contributed by atoms with Crippen LogP contribution in [-0.2, 0) is 4.74 Å². The zero-order chi connectivity index (χ0) is 8.48. The fourth-order valence-corrected chi connectivity index (χ4v) is 1.39. The molecule has 0 atom stereocenters. The molecule has 0 aromatic carbocycles. The molecule has 2 nitrogen and oxygen atoms in total. The lowest BCUT2D eigenvalue weighted by Crippen LogP contribution is -2.46. The molecule has 0 unspecified atom stereocenters. The Morgan fingerprint density at radius 3 is 2.45 bits per heavy atom. The molecule has 1 aliphatic rings. The average Bonchev–Trinajstić information content (AvgIpc) is 1.86. The maximum atomic E-state index is 5.27. The van der Waals surface area contributed by atoms with E-state index in [4.69, 9.17) is 4.74 Å². The smallest absolute Gasteiger partial charge is 0.0859 e. The second-order valence-electron chi connectivity index (χ2n) is 3.94. The molecular weight excluding hydrogens is 138 g/mol. The van der Waals surface area contributed by atoms with Crippen LogP contribution in [0.2, 0.25) is 0 Å². The van der Waals surface area contributed by atoms with Crippen LogP contribution in [-0.4, -0.2) is 30.2 Å². The van der Waals surface area contributed by atoms with Crippen molar-refractivity contribution in [2.45, 2.75) is 26.3 Å². The van der Waals surface area contributed by atoms with Crippen LogP contribution in [0.5, 0.6) is 0 Å². The first-order valence-electron chi connectivity index (χ1n) is 4.05. The minimum absolute atomic E-state index is 0.195. The summed E-state index contributed by atoms with van der Waals surface area (Å²) in [7, 11) is 0. The number of rotatable bonds is 0. The van der Waals surface area contributed by atoms with Gasteiger partial charge in [0.15, 0.2) is 0 Å². The van der Waals surface area contributed by atoms with Crippen molar-refractivity contribution in [3.63, 3.8) is 0 Å².